The number of alkyl halides is 3. The molecule has 1 aromatic heterocycles. The molecule has 2 atom stereocenters. The first-order valence-corrected chi connectivity index (χ1v) is 11.3. The van der Waals surface area contributed by atoms with Gasteiger partial charge in [-0.2, -0.15) is 5.10 Å². The van der Waals surface area contributed by atoms with Crippen molar-refractivity contribution in [2.75, 3.05) is 4.31 Å². The van der Waals surface area contributed by atoms with Gasteiger partial charge in [0.15, 0.2) is 0 Å². The van der Waals surface area contributed by atoms with E-state index in [9.17, 15) is 26.7 Å². The molecule has 34 heavy (non-hydrogen) atoms. The lowest BCUT2D eigenvalue weighted by molar-refractivity contribution is -0.274. The van der Waals surface area contributed by atoms with Gasteiger partial charge in [-0.3, -0.25) is 18.3 Å². The SMILES string of the molecule is O=C(O)Cn1ncc2c1CCCC2N(c1ccc(-c2cccc(OC(F)(F)F)c2)cc1)S(=O)O. The van der Waals surface area contributed by atoms with Gasteiger partial charge in [0.25, 0.3) is 11.3 Å². The Labute approximate surface area is 195 Å². The number of aromatic nitrogens is 2. The third-order valence-corrected chi connectivity index (χ3v) is 6.29. The maximum Gasteiger partial charge on any atom is 0.573 e. The van der Waals surface area contributed by atoms with Gasteiger partial charge in [-0.05, 0) is 54.7 Å². The van der Waals surface area contributed by atoms with E-state index in [0.29, 0.717) is 47.3 Å². The van der Waals surface area contributed by atoms with Gasteiger partial charge in [-0.1, -0.05) is 24.3 Å². The lowest BCUT2D eigenvalue weighted by atomic mass is 9.92. The molecule has 1 aliphatic carbocycles. The van der Waals surface area contributed by atoms with Crippen LogP contribution in [0.5, 0.6) is 5.75 Å². The summed E-state index contributed by atoms with van der Waals surface area (Å²) in [6, 6.07) is 11.5. The third-order valence-electron chi connectivity index (χ3n) is 5.49. The van der Waals surface area contributed by atoms with Crippen molar-refractivity contribution < 1.29 is 36.6 Å². The summed E-state index contributed by atoms with van der Waals surface area (Å²) in [5.41, 5.74) is 2.91. The number of rotatable bonds is 7. The minimum absolute atomic E-state index is 0.296. The number of hydrogen-bond acceptors (Lipinski definition) is 4. The molecule has 8 nitrogen and oxygen atoms in total. The number of halogens is 3. The van der Waals surface area contributed by atoms with Gasteiger partial charge in [0.1, 0.15) is 12.3 Å². The number of ether oxygens (including phenoxy) is 1. The molecular formula is C22H20F3N3O5S. The highest BCUT2D eigenvalue weighted by atomic mass is 32.2. The van der Waals surface area contributed by atoms with Crippen LogP contribution in [-0.4, -0.2) is 36.0 Å². The van der Waals surface area contributed by atoms with E-state index in [1.165, 1.54) is 33.4 Å². The van der Waals surface area contributed by atoms with Crippen LogP contribution in [0.25, 0.3) is 11.1 Å². The molecule has 0 spiro atoms. The zero-order valence-corrected chi connectivity index (χ0v) is 18.4. The molecule has 4 rings (SSSR count). The van der Waals surface area contributed by atoms with Crippen molar-refractivity contribution in [2.24, 2.45) is 0 Å². The standard InChI is InChI=1S/C22H20F3N3O5S/c23-22(24,25)33-17-4-1-3-15(11-17)14-7-9-16(10-8-14)28(34(31)32)20-6-2-5-19-18(20)12-26-27(19)13-21(29)30/h1,3-4,7-12,20H,2,5-6,13H2,(H,29,30)(H,31,32). The summed E-state index contributed by atoms with van der Waals surface area (Å²) < 4.78 is 66.6. The lowest BCUT2D eigenvalue weighted by Crippen LogP contribution is -2.33. The van der Waals surface area contributed by atoms with Crippen LogP contribution in [0.4, 0.5) is 18.9 Å². The molecule has 3 aromatic rings. The number of anilines is 1. The molecule has 1 aliphatic rings. The van der Waals surface area contributed by atoms with Crippen molar-refractivity contribution in [3.8, 4) is 16.9 Å². The number of carbonyl (C=O) groups is 1. The first-order valence-electron chi connectivity index (χ1n) is 10.3. The zero-order chi connectivity index (χ0) is 24.5. The maximum absolute atomic E-state index is 12.5. The smallest absolute Gasteiger partial charge is 0.480 e. The minimum atomic E-state index is -4.80. The Kier molecular flexibility index (Phi) is 6.62. The van der Waals surface area contributed by atoms with Crippen molar-refractivity contribution in [3.05, 3.63) is 66.0 Å². The number of hydrogen-bond donors (Lipinski definition) is 2. The number of benzene rings is 2. The monoisotopic (exact) mass is 495 g/mol. The van der Waals surface area contributed by atoms with Gasteiger partial charge >= 0.3 is 12.3 Å². The van der Waals surface area contributed by atoms with Crippen molar-refractivity contribution in [1.29, 1.82) is 0 Å². The van der Waals surface area contributed by atoms with Gasteiger partial charge in [0.05, 0.1) is 17.9 Å². The number of carboxylic acid groups (broad SMARTS) is 1. The largest absolute Gasteiger partial charge is 0.573 e. The van der Waals surface area contributed by atoms with Gasteiger partial charge in [-0.15, -0.1) is 13.2 Å². The number of nitrogens with zero attached hydrogens (tertiary/aromatic N) is 3. The number of fused-ring (bicyclic) bond motifs is 1. The molecular weight excluding hydrogens is 475 g/mol. The Morgan fingerprint density at radius 3 is 2.59 bits per heavy atom. The molecule has 0 saturated heterocycles. The van der Waals surface area contributed by atoms with E-state index in [0.717, 1.165) is 0 Å². The van der Waals surface area contributed by atoms with Crippen LogP contribution < -0.4 is 9.04 Å². The van der Waals surface area contributed by atoms with E-state index in [1.807, 2.05) is 0 Å². The Bertz CT molecular complexity index is 1210. The van der Waals surface area contributed by atoms with Crippen molar-refractivity contribution >= 4 is 22.9 Å². The highest BCUT2D eigenvalue weighted by Gasteiger charge is 2.33. The maximum atomic E-state index is 12.5. The summed E-state index contributed by atoms with van der Waals surface area (Å²) in [6.07, 6.45) is -1.41. The molecule has 2 N–H and O–H groups in total. The molecule has 0 radical (unpaired) electrons. The molecule has 0 aliphatic heterocycles. The summed E-state index contributed by atoms with van der Waals surface area (Å²) in [7, 11) is 0. The van der Waals surface area contributed by atoms with Crippen molar-refractivity contribution in [2.45, 2.75) is 38.2 Å². The van der Waals surface area contributed by atoms with Crippen LogP contribution >= 0.6 is 0 Å². The molecule has 12 heteroatoms. The summed E-state index contributed by atoms with van der Waals surface area (Å²) in [5, 5.41) is 13.2. The van der Waals surface area contributed by atoms with Crippen LogP contribution in [0.3, 0.4) is 0 Å². The summed E-state index contributed by atoms with van der Waals surface area (Å²) >= 11 is -2.39. The van der Waals surface area contributed by atoms with E-state index >= 15 is 0 Å². The van der Waals surface area contributed by atoms with Crippen LogP contribution in [0.2, 0.25) is 0 Å². The first kappa shape index (κ1) is 23.8. The molecule has 2 aromatic carbocycles. The molecule has 0 fully saturated rings. The molecule has 0 saturated carbocycles. The predicted octanol–water partition coefficient (Wildman–Crippen LogP) is 4.55. The second-order valence-corrected chi connectivity index (χ2v) is 8.54. The van der Waals surface area contributed by atoms with E-state index in [4.69, 9.17) is 5.11 Å². The van der Waals surface area contributed by atoms with E-state index in [-0.39, 0.29) is 12.3 Å². The molecule has 0 bridgehead atoms. The average Bonchev–Trinajstić information content (AvgIpc) is 3.16. The van der Waals surface area contributed by atoms with Crippen LogP contribution in [0.15, 0.2) is 54.7 Å². The molecule has 2 unspecified atom stereocenters. The summed E-state index contributed by atoms with van der Waals surface area (Å²) in [4.78, 5) is 11.1. The average molecular weight is 495 g/mol. The lowest BCUT2D eigenvalue weighted by Gasteiger charge is -2.33. The summed E-state index contributed by atoms with van der Waals surface area (Å²) in [6.45, 7) is -0.296. The van der Waals surface area contributed by atoms with Gasteiger partial charge in [0.2, 0.25) is 0 Å². The molecule has 0 amide bonds. The van der Waals surface area contributed by atoms with Crippen molar-refractivity contribution in [1.82, 2.24) is 9.78 Å². The Morgan fingerprint density at radius 1 is 1.21 bits per heavy atom. The van der Waals surface area contributed by atoms with E-state index in [2.05, 4.69) is 9.84 Å². The predicted molar refractivity (Wildman–Crippen MR) is 117 cm³/mol. The summed E-state index contributed by atoms with van der Waals surface area (Å²) in [5.74, 6) is -1.38. The fourth-order valence-electron chi connectivity index (χ4n) is 4.16. The van der Waals surface area contributed by atoms with Gasteiger partial charge in [-0.25, -0.2) is 4.21 Å². The van der Waals surface area contributed by atoms with Crippen LogP contribution in [0, 0.1) is 0 Å². The Hall–Kier alpha value is -3.38. The second kappa shape index (κ2) is 9.47. The number of carboxylic acids is 1. The second-order valence-electron chi connectivity index (χ2n) is 7.69. The minimum Gasteiger partial charge on any atom is -0.480 e. The number of aliphatic carboxylic acids is 1. The van der Waals surface area contributed by atoms with Crippen LogP contribution in [0.1, 0.15) is 30.1 Å². The molecule has 1 heterocycles. The Balaban J connectivity index is 1.62. The fourth-order valence-corrected chi connectivity index (χ4v) is 4.89. The zero-order valence-electron chi connectivity index (χ0n) is 17.6. The van der Waals surface area contributed by atoms with E-state index < -0.39 is 29.6 Å². The fraction of sp³-hybridized carbons (Fsp3) is 0.273. The third kappa shape index (κ3) is 5.23. The van der Waals surface area contributed by atoms with Crippen LogP contribution in [-0.2, 0) is 29.0 Å². The topological polar surface area (TPSA) is 105 Å². The van der Waals surface area contributed by atoms with Gasteiger partial charge in [0, 0.05) is 11.3 Å². The highest BCUT2D eigenvalue weighted by Crippen LogP contribution is 2.38. The quantitative estimate of drug-likeness (QED) is 0.466. The van der Waals surface area contributed by atoms with Crippen molar-refractivity contribution in [3.63, 3.8) is 0 Å². The normalized spacial score (nSPS) is 16.5. The molecule has 180 valence electrons. The van der Waals surface area contributed by atoms with E-state index in [1.54, 1.807) is 30.3 Å². The first-order chi connectivity index (χ1) is 16.1. The Morgan fingerprint density at radius 2 is 1.94 bits per heavy atom. The highest BCUT2D eigenvalue weighted by molar-refractivity contribution is 7.80. The van der Waals surface area contributed by atoms with Gasteiger partial charge < -0.3 is 9.84 Å².